The Balaban J connectivity index is 3.79. The smallest absolute Gasteiger partial charge is 0.305 e. The van der Waals surface area contributed by atoms with Gasteiger partial charge in [0.05, 0.1) is 5.88 Å². The van der Waals surface area contributed by atoms with Crippen LogP contribution in [-0.2, 0) is 19.1 Å². The van der Waals surface area contributed by atoms with E-state index in [1.807, 2.05) is 0 Å². The highest BCUT2D eigenvalue weighted by Crippen LogP contribution is 2.00. The fourth-order valence-electron chi connectivity index (χ4n) is 0.667. The summed E-state index contributed by atoms with van der Waals surface area (Å²) in [4.78, 5) is 21.7. The van der Waals surface area contributed by atoms with E-state index < -0.39 is 6.10 Å². The molecule has 14 heavy (non-hydrogen) atoms. The minimum absolute atomic E-state index is 0.0297. The van der Waals surface area contributed by atoms with Crippen LogP contribution in [0.15, 0.2) is 0 Å². The fraction of sp³-hybridized carbons (Fsp3) is 0.778. The maximum absolute atomic E-state index is 10.9. The third-order valence-electron chi connectivity index (χ3n) is 1.48. The van der Waals surface area contributed by atoms with Crippen LogP contribution in [0.3, 0.4) is 0 Å². The second-order valence-corrected chi connectivity index (χ2v) is 2.96. The molecule has 0 bridgehead atoms. The molecule has 5 heteroatoms. The molecule has 0 heterocycles. The molecule has 0 aromatic heterocycles. The first-order chi connectivity index (χ1) is 6.63. The lowest BCUT2D eigenvalue weighted by atomic mass is 10.4. The highest BCUT2D eigenvalue weighted by atomic mass is 35.5. The van der Waals surface area contributed by atoms with Crippen LogP contribution in [0.1, 0.15) is 26.7 Å². The quantitative estimate of drug-likeness (QED) is 0.505. The molecule has 0 aliphatic rings. The molecule has 0 unspecified atom stereocenters. The minimum atomic E-state index is -0.542. The van der Waals surface area contributed by atoms with Crippen LogP contribution in [0.5, 0.6) is 0 Å². The number of rotatable bonds is 6. The Morgan fingerprint density at radius 2 is 1.79 bits per heavy atom. The van der Waals surface area contributed by atoms with Crippen LogP contribution >= 0.6 is 11.6 Å². The number of ether oxygens (including phenoxy) is 2. The summed E-state index contributed by atoms with van der Waals surface area (Å²) in [5, 5.41) is 0. The molecule has 1 atom stereocenters. The Morgan fingerprint density at radius 1 is 1.21 bits per heavy atom. The zero-order valence-corrected chi connectivity index (χ0v) is 9.17. The van der Waals surface area contributed by atoms with Gasteiger partial charge in [0.15, 0.2) is 0 Å². The first-order valence-corrected chi connectivity index (χ1v) is 5.08. The summed E-state index contributed by atoms with van der Waals surface area (Å²) in [7, 11) is 0. The number of esters is 2. The summed E-state index contributed by atoms with van der Waals surface area (Å²) in [6, 6.07) is 0. The predicted molar refractivity (Wildman–Crippen MR) is 52.1 cm³/mol. The van der Waals surface area contributed by atoms with Crippen LogP contribution in [0.4, 0.5) is 0 Å². The van der Waals surface area contributed by atoms with Crippen molar-refractivity contribution in [2.24, 2.45) is 0 Å². The minimum Gasteiger partial charge on any atom is -0.462 e. The van der Waals surface area contributed by atoms with E-state index in [0.29, 0.717) is 6.42 Å². The highest BCUT2D eigenvalue weighted by Gasteiger charge is 2.14. The van der Waals surface area contributed by atoms with E-state index >= 15 is 0 Å². The maximum atomic E-state index is 10.9. The third kappa shape index (κ3) is 5.80. The molecule has 0 aliphatic heterocycles. The molecule has 0 fully saturated rings. The van der Waals surface area contributed by atoms with Crippen LogP contribution in [-0.4, -0.2) is 30.5 Å². The van der Waals surface area contributed by atoms with Gasteiger partial charge in [-0.15, -0.1) is 11.6 Å². The van der Waals surface area contributed by atoms with E-state index in [4.69, 9.17) is 21.1 Å². The van der Waals surface area contributed by atoms with Crippen LogP contribution in [0, 0.1) is 0 Å². The van der Waals surface area contributed by atoms with E-state index in [2.05, 4.69) is 0 Å². The number of alkyl halides is 1. The van der Waals surface area contributed by atoms with Crippen molar-refractivity contribution >= 4 is 23.5 Å². The number of hydrogen-bond donors (Lipinski definition) is 0. The largest absolute Gasteiger partial charge is 0.462 e. The van der Waals surface area contributed by atoms with Crippen molar-refractivity contribution in [2.75, 3.05) is 12.5 Å². The predicted octanol–water partition coefficient (Wildman–Crippen LogP) is 1.50. The molecule has 0 aromatic rings. The van der Waals surface area contributed by atoms with Gasteiger partial charge in [-0.3, -0.25) is 9.59 Å². The Hall–Kier alpha value is -0.770. The second-order valence-electron chi connectivity index (χ2n) is 2.66. The summed E-state index contributed by atoms with van der Waals surface area (Å²) in [6.45, 7) is 3.41. The average Bonchev–Trinajstić information content (AvgIpc) is 2.22. The molecule has 82 valence electrons. The summed E-state index contributed by atoms with van der Waals surface area (Å²) in [6.07, 6.45) is 0.0471. The van der Waals surface area contributed by atoms with Gasteiger partial charge in [0, 0.05) is 12.8 Å². The summed E-state index contributed by atoms with van der Waals surface area (Å²) < 4.78 is 9.68. The molecule has 0 N–H and O–H groups in total. The highest BCUT2D eigenvalue weighted by molar-refractivity contribution is 6.18. The van der Waals surface area contributed by atoms with Gasteiger partial charge < -0.3 is 9.47 Å². The SMILES string of the molecule is CCC(=O)OC[C@H](CCl)OC(=O)CC. The van der Waals surface area contributed by atoms with Crippen molar-refractivity contribution in [1.29, 1.82) is 0 Å². The van der Waals surface area contributed by atoms with Crippen molar-refractivity contribution in [3.63, 3.8) is 0 Å². The normalized spacial score (nSPS) is 11.9. The molecular weight excluding hydrogens is 208 g/mol. The van der Waals surface area contributed by atoms with Crippen molar-refractivity contribution in [3.8, 4) is 0 Å². The molecule has 0 rings (SSSR count). The van der Waals surface area contributed by atoms with Crippen LogP contribution in [0.2, 0.25) is 0 Å². The number of hydrogen-bond acceptors (Lipinski definition) is 4. The number of carbonyl (C=O) groups excluding carboxylic acids is 2. The van der Waals surface area contributed by atoms with E-state index in [0.717, 1.165) is 0 Å². The van der Waals surface area contributed by atoms with E-state index in [1.165, 1.54) is 0 Å². The maximum Gasteiger partial charge on any atom is 0.305 e. The molecule has 0 aromatic carbocycles. The van der Waals surface area contributed by atoms with Gasteiger partial charge in [0.2, 0.25) is 0 Å². The first-order valence-electron chi connectivity index (χ1n) is 4.55. The Labute approximate surface area is 88.5 Å². The molecule has 0 amide bonds. The summed E-state index contributed by atoms with van der Waals surface area (Å²) in [5.74, 6) is -0.543. The van der Waals surface area contributed by atoms with Gasteiger partial charge in [-0.25, -0.2) is 0 Å². The summed E-state index contributed by atoms with van der Waals surface area (Å²) >= 11 is 5.53. The van der Waals surface area contributed by atoms with Gasteiger partial charge in [0.25, 0.3) is 0 Å². The molecule has 0 saturated carbocycles. The lowest BCUT2D eigenvalue weighted by Crippen LogP contribution is -2.26. The fourth-order valence-corrected chi connectivity index (χ4v) is 0.819. The van der Waals surface area contributed by atoms with Gasteiger partial charge in [-0.1, -0.05) is 13.8 Å². The summed E-state index contributed by atoms with van der Waals surface area (Å²) in [5.41, 5.74) is 0. The van der Waals surface area contributed by atoms with Crippen LogP contribution < -0.4 is 0 Å². The monoisotopic (exact) mass is 222 g/mol. The molecule has 0 saturated heterocycles. The Kier molecular flexibility index (Phi) is 7.20. The number of carbonyl (C=O) groups is 2. The lowest BCUT2D eigenvalue weighted by Gasteiger charge is -2.14. The second kappa shape index (κ2) is 7.62. The zero-order valence-electron chi connectivity index (χ0n) is 8.42. The van der Waals surface area contributed by atoms with Crippen LogP contribution in [0.25, 0.3) is 0 Å². The first kappa shape index (κ1) is 13.2. The van der Waals surface area contributed by atoms with Crippen molar-refractivity contribution in [2.45, 2.75) is 32.8 Å². The Morgan fingerprint density at radius 3 is 2.21 bits per heavy atom. The van der Waals surface area contributed by atoms with E-state index in [9.17, 15) is 9.59 Å². The topological polar surface area (TPSA) is 52.6 Å². The van der Waals surface area contributed by atoms with Crippen molar-refractivity contribution in [3.05, 3.63) is 0 Å². The van der Waals surface area contributed by atoms with Crippen molar-refractivity contribution < 1.29 is 19.1 Å². The van der Waals surface area contributed by atoms with Gasteiger partial charge in [-0.2, -0.15) is 0 Å². The van der Waals surface area contributed by atoms with Crippen molar-refractivity contribution in [1.82, 2.24) is 0 Å². The molecular formula is C9H15ClO4. The third-order valence-corrected chi connectivity index (χ3v) is 1.82. The van der Waals surface area contributed by atoms with Gasteiger partial charge in [0.1, 0.15) is 12.7 Å². The standard InChI is InChI=1S/C9H15ClO4/c1-3-8(11)13-6-7(5-10)14-9(12)4-2/h7H,3-6H2,1-2H3/t7-/m0/s1. The zero-order chi connectivity index (χ0) is 11.0. The molecule has 0 spiro atoms. The number of halogens is 1. The van der Waals surface area contributed by atoms with Gasteiger partial charge >= 0.3 is 11.9 Å². The average molecular weight is 223 g/mol. The molecule has 0 aliphatic carbocycles. The molecule has 4 nitrogen and oxygen atoms in total. The van der Waals surface area contributed by atoms with E-state index in [-0.39, 0.29) is 30.8 Å². The molecule has 0 radical (unpaired) electrons. The lowest BCUT2D eigenvalue weighted by molar-refractivity contribution is -0.157. The van der Waals surface area contributed by atoms with E-state index in [1.54, 1.807) is 13.8 Å². The van der Waals surface area contributed by atoms with Gasteiger partial charge in [-0.05, 0) is 0 Å². The Bertz CT molecular complexity index is 193.